The molecule has 1 fully saturated rings. The second-order valence-electron chi connectivity index (χ2n) is 8.50. The highest BCUT2D eigenvalue weighted by Gasteiger charge is 2.27. The second kappa shape index (κ2) is 16.9. The molecule has 2 unspecified atom stereocenters. The van der Waals surface area contributed by atoms with Crippen molar-refractivity contribution in [2.75, 3.05) is 13.2 Å². The first-order valence-electron chi connectivity index (χ1n) is 12.0. The standard InChI is InChI=1S/C24H44O4/c1-3-5-7-9-11-17-23(25)27-19-21-15-13-14-16-22(21)20-28-24(26)18-12-10-8-6-4-2/h21-22H,3-20H2,1-2H3. The Morgan fingerprint density at radius 2 is 1.04 bits per heavy atom. The molecule has 0 heterocycles. The van der Waals surface area contributed by atoms with Gasteiger partial charge in [0.05, 0.1) is 13.2 Å². The van der Waals surface area contributed by atoms with Gasteiger partial charge in [0.1, 0.15) is 0 Å². The molecular formula is C24H44O4. The molecule has 0 aromatic carbocycles. The molecule has 0 aromatic rings. The molecule has 0 radical (unpaired) electrons. The zero-order valence-electron chi connectivity index (χ0n) is 18.5. The lowest BCUT2D eigenvalue weighted by Crippen LogP contribution is -2.29. The van der Waals surface area contributed by atoms with E-state index >= 15 is 0 Å². The number of unbranched alkanes of at least 4 members (excludes halogenated alkanes) is 8. The third-order valence-corrected chi connectivity index (χ3v) is 5.95. The van der Waals surface area contributed by atoms with Crippen molar-refractivity contribution < 1.29 is 19.1 Å². The molecule has 0 bridgehead atoms. The van der Waals surface area contributed by atoms with Gasteiger partial charge in [0, 0.05) is 12.8 Å². The Balaban J connectivity index is 2.18. The van der Waals surface area contributed by atoms with Gasteiger partial charge in [-0.05, 0) is 37.5 Å². The van der Waals surface area contributed by atoms with Crippen LogP contribution in [-0.4, -0.2) is 25.2 Å². The van der Waals surface area contributed by atoms with Crippen molar-refractivity contribution in [1.82, 2.24) is 0 Å². The quantitative estimate of drug-likeness (QED) is 0.218. The number of rotatable bonds is 16. The fourth-order valence-electron chi connectivity index (χ4n) is 4.01. The highest BCUT2D eigenvalue weighted by molar-refractivity contribution is 5.69. The molecule has 0 amide bonds. The monoisotopic (exact) mass is 396 g/mol. The Kier molecular flexibility index (Phi) is 15.0. The van der Waals surface area contributed by atoms with Gasteiger partial charge in [0.2, 0.25) is 0 Å². The number of hydrogen-bond donors (Lipinski definition) is 0. The van der Waals surface area contributed by atoms with Crippen LogP contribution >= 0.6 is 0 Å². The van der Waals surface area contributed by atoms with Crippen LogP contribution in [0.4, 0.5) is 0 Å². The van der Waals surface area contributed by atoms with E-state index in [1.807, 2.05) is 0 Å². The van der Waals surface area contributed by atoms with E-state index < -0.39 is 0 Å². The van der Waals surface area contributed by atoms with E-state index in [0.717, 1.165) is 38.5 Å². The number of carbonyl (C=O) groups is 2. The number of carbonyl (C=O) groups excluding carboxylic acids is 2. The van der Waals surface area contributed by atoms with E-state index in [1.165, 1.54) is 51.4 Å². The summed E-state index contributed by atoms with van der Waals surface area (Å²) in [5, 5.41) is 0. The van der Waals surface area contributed by atoms with Gasteiger partial charge in [-0.2, -0.15) is 0 Å². The average molecular weight is 397 g/mol. The third kappa shape index (κ3) is 12.4. The molecule has 1 aliphatic rings. The highest BCUT2D eigenvalue weighted by Crippen LogP contribution is 2.30. The lowest BCUT2D eigenvalue weighted by Gasteiger charge is -2.30. The molecule has 0 N–H and O–H groups in total. The summed E-state index contributed by atoms with van der Waals surface area (Å²) in [7, 11) is 0. The number of hydrogen-bond acceptors (Lipinski definition) is 4. The van der Waals surface area contributed by atoms with Crippen LogP contribution in [0.3, 0.4) is 0 Å². The Morgan fingerprint density at radius 1 is 0.643 bits per heavy atom. The summed E-state index contributed by atoms with van der Waals surface area (Å²) < 4.78 is 11.1. The molecular weight excluding hydrogens is 352 g/mol. The smallest absolute Gasteiger partial charge is 0.305 e. The van der Waals surface area contributed by atoms with Gasteiger partial charge in [-0.1, -0.05) is 78.1 Å². The first kappa shape index (κ1) is 25.0. The maximum Gasteiger partial charge on any atom is 0.305 e. The molecule has 4 nitrogen and oxygen atoms in total. The van der Waals surface area contributed by atoms with Gasteiger partial charge in [-0.15, -0.1) is 0 Å². The summed E-state index contributed by atoms with van der Waals surface area (Å²) in [6, 6.07) is 0. The van der Waals surface area contributed by atoms with Gasteiger partial charge in [0.25, 0.3) is 0 Å². The van der Waals surface area contributed by atoms with Crippen molar-refractivity contribution in [2.24, 2.45) is 11.8 Å². The summed E-state index contributed by atoms with van der Waals surface area (Å²) in [5.41, 5.74) is 0. The van der Waals surface area contributed by atoms with Crippen LogP contribution in [0.25, 0.3) is 0 Å². The van der Waals surface area contributed by atoms with Crippen LogP contribution in [0.1, 0.15) is 117 Å². The van der Waals surface area contributed by atoms with Crippen molar-refractivity contribution in [2.45, 2.75) is 117 Å². The van der Waals surface area contributed by atoms with Gasteiger partial charge < -0.3 is 9.47 Å². The molecule has 1 rings (SSSR count). The Labute approximate surface area is 173 Å². The fraction of sp³-hybridized carbons (Fsp3) is 0.917. The normalized spacial score (nSPS) is 19.4. The van der Waals surface area contributed by atoms with E-state index in [9.17, 15) is 9.59 Å². The van der Waals surface area contributed by atoms with Gasteiger partial charge in [-0.3, -0.25) is 9.59 Å². The van der Waals surface area contributed by atoms with Crippen LogP contribution < -0.4 is 0 Å². The van der Waals surface area contributed by atoms with E-state index in [4.69, 9.17) is 9.47 Å². The Bertz CT molecular complexity index is 369. The first-order chi connectivity index (χ1) is 13.7. The van der Waals surface area contributed by atoms with Crippen LogP contribution in [0.5, 0.6) is 0 Å². The SMILES string of the molecule is CCCCCCCC(=O)OCC1CCCCC1COC(=O)CCCCCCC. The summed E-state index contributed by atoms with van der Waals surface area (Å²) in [4.78, 5) is 24.0. The summed E-state index contributed by atoms with van der Waals surface area (Å²) in [6.45, 7) is 5.37. The zero-order valence-corrected chi connectivity index (χ0v) is 18.5. The van der Waals surface area contributed by atoms with E-state index in [-0.39, 0.29) is 11.9 Å². The highest BCUT2D eigenvalue weighted by atomic mass is 16.5. The van der Waals surface area contributed by atoms with Gasteiger partial charge >= 0.3 is 11.9 Å². The molecule has 0 spiro atoms. The summed E-state index contributed by atoms with van der Waals surface area (Å²) in [5.74, 6) is 0.556. The van der Waals surface area contributed by atoms with Crippen molar-refractivity contribution in [3.05, 3.63) is 0 Å². The minimum Gasteiger partial charge on any atom is -0.465 e. The molecule has 4 heteroatoms. The molecule has 2 atom stereocenters. The van der Waals surface area contributed by atoms with Crippen LogP contribution in [-0.2, 0) is 19.1 Å². The van der Waals surface area contributed by atoms with E-state index in [2.05, 4.69) is 13.8 Å². The minimum absolute atomic E-state index is 0.0649. The zero-order chi connectivity index (χ0) is 20.5. The van der Waals surface area contributed by atoms with Crippen molar-refractivity contribution in [3.63, 3.8) is 0 Å². The molecule has 1 saturated carbocycles. The first-order valence-corrected chi connectivity index (χ1v) is 12.0. The Hall–Kier alpha value is -1.06. The third-order valence-electron chi connectivity index (χ3n) is 5.95. The van der Waals surface area contributed by atoms with E-state index in [1.54, 1.807) is 0 Å². The maximum atomic E-state index is 12.0. The Morgan fingerprint density at radius 3 is 1.43 bits per heavy atom. The lowest BCUT2D eigenvalue weighted by atomic mass is 9.80. The summed E-state index contributed by atoms with van der Waals surface area (Å²) in [6.07, 6.45) is 17.0. The van der Waals surface area contributed by atoms with E-state index in [0.29, 0.717) is 37.9 Å². The van der Waals surface area contributed by atoms with Gasteiger partial charge in [0.15, 0.2) is 0 Å². The summed E-state index contributed by atoms with van der Waals surface area (Å²) >= 11 is 0. The molecule has 28 heavy (non-hydrogen) atoms. The fourth-order valence-corrected chi connectivity index (χ4v) is 4.01. The van der Waals surface area contributed by atoms with Crippen molar-refractivity contribution >= 4 is 11.9 Å². The maximum absolute atomic E-state index is 12.0. The minimum atomic E-state index is -0.0649. The predicted molar refractivity (Wildman–Crippen MR) is 114 cm³/mol. The lowest BCUT2D eigenvalue weighted by molar-refractivity contribution is -0.150. The van der Waals surface area contributed by atoms with Crippen molar-refractivity contribution in [1.29, 1.82) is 0 Å². The molecule has 0 aliphatic heterocycles. The molecule has 1 aliphatic carbocycles. The topological polar surface area (TPSA) is 52.6 Å². The predicted octanol–water partition coefficient (Wildman–Crippen LogP) is 6.60. The van der Waals surface area contributed by atoms with Gasteiger partial charge in [-0.25, -0.2) is 0 Å². The molecule has 164 valence electrons. The largest absolute Gasteiger partial charge is 0.465 e. The van der Waals surface area contributed by atoms with Crippen LogP contribution in [0.2, 0.25) is 0 Å². The molecule has 0 saturated heterocycles. The second-order valence-corrected chi connectivity index (χ2v) is 8.50. The number of ether oxygens (including phenoxy) is 2. The average Bonchev–Trinajstić information content (AvgIpc) is 2.71. The molecule has 0 aromatic heterocycles. The van der Waals surface area contributed by atoms with Crippen LogP contribution in [0.15, 0.2) is 0 Å². The number of esters is 2. The van der Waals surface area contributed by atoms with Crippen LogP contribution in [0, 0.1) is 11.8 Å². The van der Waals surface area contributed by atoms with Crippen molar-refractivity contribution in [3.8, 4) is 0 Å².